The number of rotatable bonds is 7. The molecule has 1 saturated carbocycles. The third kappa shape index (κ3) is 4.47. The number of nitrogens with one attached hydrogen (secondary N) is 1. The summed E-state index contributed by atoms with van der Waals surface area (Å²) in [6.45, 7) is 6.85. The third-order valence-electron chi connectivity index (χ3n) is 6.85. The first-order chi connectivity index (χ1) is 15.6. The Hall–Kier alpha value is -2.58. The van der Waals surface area contributed by atoms with E-state index in [1.807, 2.05) is 17.7 Å². The first-order valence-corrected chi connectivity index (χ1v) is 11.8. The van der Waals surface area contributed by atoms with Gasteiger partial charge in [0.2, 0.25) is 0 Å². The van der Waals surface area contributed by atoms with Crippen molar-refractivity contribution in [3.63, 3.8) is 0 Å². The van der Waals surface area contributed by atoms with Crippen molar-refractivity contribution >= 4 is 10.9 Å². The minimum absolute atomic E-state index is 0.0304. The maximum Gasteiger partial charge on any atom is 0.252 e. The number of hydrogen-bond acceptors (Lipinski definition) is 6. The summed E-state index contributed by atoms with van der Waals surface area (Å²) in [5.41, 5.74) is 3.94. The van der Waals surface area contributed by atoms with Crippen molar-refractivity contribution in [2.75, 3.05) is 13.2 Å². The van der Waals surface area contributed by atoms with Gasteiger partial charge in [-0.2, -0.15) is 0 Å². The first-order valence-electron chi connectivity index (χ1n) is 11.8. The van der Waals surface area contributed by atoms with Crippen LogP contribution in [-0.2, 0) is 17.8 Å². The molecule has 1 aliphatic carbocycles. The number of ether oxygens (including phenoxy) is 1. The van der Waals surface area contributed by atoms with Gasteiger partial charge in [-0.3, -0.25) is 9.69 Å². The van der Waals surface area contributed by atoms with E-state index < -0.39 is 0 Å². The van der Waals surface area contributed by atoms with Crippen LogP contribution in [0.15, 0.2) is 23.0 Å². The zero-order valence-electron chi connectivity index (χ0n) is 19.0. The molecule has 0 amide bonds. The highest BCUT2D eigenvalue weighted by molar-refractivity contribution is 5.82. The van der Waals surface area contributed by atoms with Gasteiger partial charge in [0.1, 0.15) is 0 Å². The molecule has 3 aromatic rings. The molecule has 0 spiro atoms. The predicted octanol–water partition coefficient (Wildman–Crippen LogP) is 3.43. The summed E-state index contributed by atoms with van der Waals surface area (Å²) in [6, 6.07) is 6.66. The highest BCUT2D eigenvalue weighted by Crippen LogP contribution is 2.29. The van der Waals surface area contributed by atoms with E-state index in [4.69, 9.17) is 4.74 Å². The molecule has 1 aromatic carbocycles. The normalized spacial score (nSPS) is 19.5. The van der Waals surface area contributed by atoms with E-state index in [-0.39, 0.29) is 11.7 Å². The second-order valence-corrected chi connectivity index (χ2v) is 9.45. The fraction of sp³-hybridized carbons (Fsp3) is 0.583. The number of aromatic amines is 1. The van der Waals surface area contributed by atoms with E-state index in [2.05, 4.69) is 44.5 Å². The Morgan fingerprint density at radius 2 is 1.97 bits per heavy atom. The van der Waals surface area contributed by atoms with Crippen LogP contribution in [0.1, 0.15) is 67.1 Å². The van der Waals surface area contributed by atoms with E-state index in [0.29, 0.717) is 19.1 Å². The van der Waals surface area contributed by atoms with E-state index >= 15 is 0 Å². The molecular weight excluding hydrogens is 404 g/mol. The van der Waals surface area contributed by atoms with Crippen LogP contribution in [0.4, 0.5) is 0 Å². The highest BCUT2D eigenvalue weighted by Gasteiger charge is 2.25. The number of aromatic nitrogens is 5. The van der Waals surface area contributed by atoms with E-state index in [1.165, 1.54) is 18.4 Å². The molecule has 0 radical (unpaired) electrons. The topological polar surface area (TPSA) is 88.9 Å². The molecule has 8 nitrogen and oxygen atoms in total. The monoisotopic (exact) mass is 436 g/mol. The average molecular weight is 437 g/mol. The standard InChI is InChI=1S/C24H32N6O2/c1-16-10-17(2)23-18(11-16)12-19(24(31)25-23)13-29(14-21-8-5-9-32-21)15-22-26-27-28-30(22)20-6-3-4-7-20/h10-12,20-21H,3-9,13-15H2,1-2H3,(H,25,31)/t21-/m0/s1. The van der Waals surface area contributed by atoms with Gasteiger partial charge in [0.25, 0.3) is 5.56 Å². The van der Waals surface area contributed by atoms with Gasteiger partial charge in [0.05, 0.1) is 24.2 Å². The summed E-state index contributed by atoms with van der Waals surface area (Å²) in [6.07, 6.45) is 7.06. The van der Waals surface area contributed by atoms with Gasteiger partial charge in [0.15, 0.2) is 5.82 Å². The van der Waals surface area contributed by atoms with Gasteiger partial charge in [0, 0.05) is 25.3 Å². The zero-order chi connectivity index (χ0) is 22.1. The zero-order valence-corrected chi connectivity index (χ0v) is 19.0. The van der Waals surface area contributed by atoms with Crippen molar-refractivity contribution in [2.24, 2.45) is 0 Å². The summed E-state index contributed by atoms with van der Waals surface area (Å²) in [4.78, 5) is 18.3. The summed E-state index contributed by atoms with van der Waals surface area (Å²) in [5.74, 6) is 0.874. The van der Waals surface area contributed by atoms with Crippen LogP contribution in [0, 0.1) is 13.8 Å². The summed E-state index contributed by atoms with van der Waals surface area (Å²) in [7, 11) is 0. The summed E-state index contributed by atoms with van der Waals surface area (Å²) < 4.78 is 7.92. The number of nitrogens with zero attached hydrogens (tertiary/aromatic N) is 5. The lowest BCUT2D eigenvalue weighted by Crippen LogP contribution is -2.34. The van der Waals surface area contributed by atoms with Crippen molar-refractivity contribution in [1.29, 1.82) is 0 Å². The molecular formula is C24H32N6O2. The second-order valence-electron chi connectivity index (χ2n) is 9.45. The Morgan fingerprint density at radius 1 is 1.12 bits per heavy atom. The van der Waals surface area contributed by atoms with E-state index in [9.17, 15) is 4.79 Å². The number of hydrogen-bond donors (Lipinski definition) is 1. The van der Waals surface area contributed by atoms with E-state index in [1.54, 1.807) is 0 Å². The Kier molecular flexibility index (Phi) is 6.06. The molecule has 170 valence electrons. The average Bonchev–Trinajstić information content (AvgIpc) is 3.51. The van der Waals surface area contributed by atoms with Crippen molar-refractivity contribution < 1.29 is 4.74 Å². The van der Waals surface area contributed by atoms with Crippen LogP contribution in [0.2, 0.25) is 0 Å². The molecule has 0 unspecified atom stereocenters. The molecule has 8 heteroatoms. The van der Waals surface area contributed by atoms with E-state index in [0.717, 1.165) is 66.7 Å². The number of H-pyrrole nitrogens is 1. The Balaban J connectivity index is 1.43. The molecule has 1 aliphatic heterocycles. The van der Waals surface area contributed by atoms with Crippen LogP contribution in [0.3, 0.4) is 0 Å². The number of pyridine rings is 1. The predicted molar refractivity (Wildman–Crippen MR) is 122 cm³/mol. The number of tetrazole rings is 1. The molecule has 1 atom stereocenters. The fourth-order valence-electron chi connectivity index (χ4n) is 5.30. The second kappa shape index (κ2) is 9.11. The van der Waals surface area contributed by atoms with Gasteiger partial charge < -0.3 is 9.72 Å². The lowest BCUT2D eigenvalue weighted by atomic mass is 10.0. The van der Waals surface area contributed by atoms with Crippen LogP contribution >= 0.6 is 0 Å². The maximum absolute atomic E-state index is 13.0. The van der Waals surface area contributed by atoms with Gasteiger partial charge in [-0.15, -0.1) is 5.10 Å². The van der Waals surface area contributed by atoms with Crippen LogP contribution in [0.25, 0.3) is 10.9 Å². The highest BCUT2D eigenvalue weighted by atomic mass is 16.5. The van der Waals surface area contributed by atoms with Crippen LogP contribution in [0.5, 0.6) is 0 Å². The van der Waals surface area contributed by atoms with Gasteiger partial charge >= 0.3 is 0 Å². The lowest BCUT2D eigenvalue weighted by Gasteiger charge is -2.25. The largest absolute Gasteiger partial charge is 0.377 e. The number of aryl methyl sites for hydroxylation is 2. The van der Waals surface area contributed by atoms with Gasteiger partial charge in [-0.25, -0.2) is 4.68 Å². The molecule has 1 N–H and O–H groups in total. The molecule has 3 heterocycles. The van der Waals surface area contributed by atoms with Gasteiger partial charge in [-0.1, -0.05) is 24.5 Å². The molecule has 2 aromatic heterocycles. The van der Waals surface area contributed by atoms with Crippen molar-refractivity contribution in [2.45, 2.75) is 77.6 Å². The van der Waals surface area contributed by atoms with Crippen molar-refractivity contribution in [3.8, 4) is 0 Å². The summed E-state index contributed by atoms with van der Waals surface area (Å²) in [5, 5.41) is 13.7. The quantitative estimate of drug-likeness (QED) is 0.610. The van der Waals surface area contributed by atoms with Crippen molar-refractivity contribution in [3.05, 3.63) is 51.1 Å². The van der Waals surface area contributed by atoms with Crippen molar-refractivity contribution in [1.82, 2.24) is 30.1 Å². The maximum atomic E-state index is 13.0. The first kappa shape index (κ1) is 21.3. The van der Waals surface area contributed by atoms with Gasteiger partial charge in [-0.05, 0) is 73.0 Å². The smallest absolute Gasteiger partial charge is 0.252 e. The van der Waals surface area contributed by atoms with Crippen LogP contribution in [-0.4, -0.2) is 49.3 Å². The number of fused-ring (bicyclic) bond motifs is 1. The Labute approximate surface area is 188 Å². The Bertz CT molecular complexity index is 1140. The minimum atomic E-state index is -0.0304. The fourth-order valence-corrected chi connectivity index (χ4v) is 5.30. The third-order valence-corrected chi connectivity index (χ3v) is 6.85. The molecule has 32 heavy (non-hydrogen) atoms. The molecule has 2 aliphatic rings. The lowest BCUT2D eigenvalue weighted by molar-refractivity contribution is 0.0661. The SMILES string of the molecule is Cc1cc(C)c2[nH]c(=O)c(CN(Cc3nnnn3C3CCCC3)C[C@@H]3CCCO3)cc2c1. The minimum Gasteiger partial charge on any atom is -0.377 e. The molecule has 2 fully saturated rings. The number of benzene rings is 1. The van der Waals surface area contributed by atoms with Crippen LogP contribution < -0.4 is 5.56 Å². The molecule has 0 bridgehead atoms. The summed E-state index contributed by atoms with van der Waals surface area (Å²) >= 11 is 0. The Morgan fingerprint density at radius 3 is 2.75 bits per heavy atom. The molecule has 1 saturated heterocycles. The molecule has 5 rings (SSSR count).